The van der Waals surface area contributed by atoms with Gasteiger partial charge in [0.25, 0.3) is 0 Å². The van der Waals surface area contributed by atoms with E-state index in [9.17, 15) is 14.4 Å². The Hall–Kier alpha value is -1.59. The van der Waals surface area contributed by atoms with E-state index in [-0.39, 0.29) is 24.3 Å². The van der Waals surface area contributed by atoms with Crippen molar-refractivity contribution in [3.05, 3.63) is 0 Å². The molecule has 0 aliphatic carbocycles. The molecule has 0 aromatic heterocycles. The molecule has 1 saturated heterocycles. The molecule has 0 aromatic rings. The number of nitrogens with one attached hydrogen (secondary N) is 1. The highest BCUT2D eigenvalue weighted by atomic mass is 16.4. The number of amides is 2. The molecule has 21 heavy (non-hydrogen) atoms. The molecule has 0 spiro atoms. The van der Waals surface area contributed by atoms with Crippen LogP contribution < -0.4 is 5.32 Å². The Bertz CT molecular complexity index is 401. The van der Waals surface area contributed by atoms with Gasteiger partial charge in [0.05, 0.1) is 6.42 Å². The zero-order valence-corrected chi connectivity index (χ0v) is 13.1. The quantitative estimate of drug-likeness (QED) is 0.726. The lowest BCUT2D eigenvalue weighted by Gasteiger charge is -2.23. The molecule has 1 unspecified atom stereocenters. The van der Waals surface area contributed by atoms with E-state index in [1.807, 2.05) is 20.8 Å². The zero-order valence-electron chi connectivity index (χ0n) is 13.1. The first-order valence-electron chi connectivity index (χ1n) is 7.51. The van der Waals surface area contributed by atoms with E-state index in [0.717, 1.165) is 12.8 Å². The minimum Gasteiger partial charge on any atom is -0.481 e. The minimum absolute atomic E-state index is 0.0104. The molecular weight excluding hydrogens is 272 g/mol. The molecule has 6 nitrogen and oxygen atoms in total. The molecule has 1 atom stereocenters. The van der Waals surface area contributed by atoms with Gasteiger partial charge in [-0.05, 0) is 19.3 Å². The molecule has 6 heteroatoms. The third kappa shape index (κ3) is 5.73. The molecule has 0 bridgehead atoms. The predicted octanol–water partition coefficient (Wildman–Crippen LogP) is 1.39. The van der Waals surface area contributed by atoms with Crippen LogP contribution in [-0.4, -0.2) is 46.9 Å². The summed E-state index contributed by atoms with van der Waals surface area (Å²) in [6.07, 6.45) is 2.58. The Morgan fingerprint density at radius 1 is 1.29 bits per heavy atom. The number of rotatable bonds is 6. The normalized spacial score (nSPS) is 18.6. The van der Waals surface area contributed by atoms with Gasteiger partial charge in [-0.1, -0.05) is 20.8 Å². The summed E-state index contributed by atoms with van der Waals surface area (Å²) in [5.41, 5.74) is -0.425. The van der Waals surface area contributed by atoms with Crippen LogP contribution in [0.4, 0.5) is 0 Å². The third-order valence-electron chi connectivity index (χ3n) is 3.64. The van der Waals surface area contributed by atoms with Crippen molar-refractivity contribution in [2.45, 2.75) is 58.9 Å². The second-order valence-electron chi connectivity index (χ2n) is 6.59. The van der Waals surface area contributed by atoms with Gasteiger partial charge in [-0.25, -0.2) is 0 Å². The van der Waals surface area contributed by atoms with E-state index in [1.54, 1.807) is 4.90 Å². The Morgan fingerprint density at radius 2 is 1.95 bits per heavy atom. The SMILES string of the molecule is CC(C)(C)C(=O)NCCCC(=O)N1CCCC1CC(=O)O. The average Bonchev–Trinajstić information content (AvgIpc) is 2.80. The molecule has 2 amide bonds. The zero-order chi connectivity index (χ0) is 16.0. The summed E-state index contributed by atoms with van der Waals surface area (Å²) in [7, 11) is 0. The summed E-state index contributed by atoms with van der Waals surface area (Å²) in [4.78, 5) is 36.2. The Kier molecular flexibility index (Phi) is 6.18. The lowest BCUT2D eigenvalue weighted by Crippen LogP contribution is -2.38. The van der Waals surface area contributed by atoms with Crippen LogP contribution in [-0.2, 0) is 14.4 Å². The molecule has 0 saturated carbocycles. The topological polar surface area (TPSA) is 86.7 Å². The van der Waals surface area contributed by atoms with Gasteiger partial charge >= 0.3 is 5.97 Å². The fourth-order valence-electron chi connectivity index (χ4n) is 2.43. The maximum Gasteiger partial charge on any atom is 0.305 e. The van der Waals surface area contributed by atoms with Gasteiger partial charge < -0.3 is 15.3 Å². The number of hydrogen-bond acceptors (Lipinski definition) is 3. The monoisotopic (exact) mass is 298 g/mol. The van der Waals surface area contributed by atoms with Crippen molar-refractivity contribution in [2.75, 3.05) is 13.1 Å². The highest BCUT2D eigenvalue weighted by molar-refractivity contribution is 5.81. The van der Waals surface area contributed by atoms with E-state index in [4.69, 9.17) is 5.11 Å². The Balaban J connectivity index is 2.30. The maximum absolute atomic E-state index is 12.1. The first-order valence-corrected chi connectivity index (χ1v) is 7.51. The molecule has 1 rings (SSSR count). The summed E-state index contributed by atoms with van der Waals surface area (Å²) >= 11 is 0. The van der Waals surface area contributed by atoms with Crippen molar-refractivity contribution in [1.29, 1.82) is 0 Å². The van der Waals surface area contributed by atoms with Crippen LogP contribution in [0.1, 0.15) is 52.9 Å². The third-order valence-corrected chi connectivity index (χ3v) is 3.64. The summed E-state index contributed by atoms with van der Waals surface area (Å²) < 4.78 is 0. The lowest BCUT2D eigenvalue weighted by molar-refractivity contribution is -0.140. The number of hydrogen-bond donors (Lipinski definition) is 2. The number of carbonyl (C=O) groups is 3. The van der Waals surface area contributed by atoms with E-state index < -0.39 is 11.4 Å². The number of carboxylic acids is 1. The lowest BCUT2D eigenvalue weighted by atomic mass is 9.96. The average molecular weight is 298 g/mol. The van der Waals surface area contributed by atoms with Crippen LogP contribution in [0.5, 0.6) is 0 Å². The van der Waals surface area contributed by atoms with Crippen molar-refractivity contribution in [2.24, 2.45) is 5.41 Å². The fourth-order valence-corrected chi connectivity index (χ4v) is 2.43. The summed E-state index contributed by atoms with van der Waals surface area (Å²) in [6, 6.07) is -0.167. The van der Waals surface area contributed by atoms with Crippen LogP contribution in [0.25, 0.3) is 0 Å². The van der Waals surface area contributed by atoms with Crippen LogP contribution >= 0.6 is 0 Å². The number of aliphatic carboxylic acids is 1. The maximum atomic E-state index is 12.1. The number of carbonyl (C=O) groups excluding carboxylic acids is 2. The highest BCUT2D eigenvalue weighted by Gasteiger charge is 2.29. The molecule has 1 aliphatic heterocycles. The smallest absolute Gasteiger partial charge is 0.305 e. The largest absolute Gasteiger partial charge is 0.481 e. The first-order chi connectivity index (χ1) is 9.71. The van der Waals surface area contributed by atoms with Gasteiger partial charge in [-0.3, -0.25) is 14.4 Å². The minimum atomic E-state index is -0.864. The van der Waals surface area contributed by atoms with E-state index in [0.29, 0.717) is 25.9 Å². The van der Waals surface area contributed by atoms with Gasteiger partial charge in [-0.15, -0.1) is 0 Å². The van der Waals surface area contributed by atoms with Crippen molar-refractivity contribution in [3.8, 4) is 0 Å². The Morgan fingerprint density at radius 3 is 2.52 bits per heavy atom. The highest BCUT2D eigenvalue weighted by Crippen LogP contribution is 2.21. The number of nitrogens with zero attached hydrogens (tertiary/aromatic N) is 1. The van der Waals surface area contributed by atoms with Gasteiger partial charge in [0.15, 0.2) is 0 Å². The van der Waals surface area contributed by atoms with Crippen molar-refractivity contribution >= 4 is 17.8 Å². The van der Waals surface area contributed by atoms with E-state index >= 15 is 0 Å². The molecule has 0 radical (unpaired) electrons. The molecule has 1 heterocycles. The van der Waals surface area contributed by atoms with Crippen molar-refractivity contribution in [3.63, 3.8) is 0 Å². The Labute approximate surface area is 125 Å². The molecule has 1 aliphatic rings. The summed E-state index contributed by atoms with van der Waals surface area (Å²) in [6.45, 7) is 6.64. The van der Waals surface area contributed by atoms with Gasteiger partial charge in [0.2, 0.25) is 11.8 Å². The van der Waals surface area contributed by atoms with Crippen LogP contribution in [0.15, 0.2) is 0 Å². The van der Waals surface area contributed by atoms with Gasteiger partial charge in [-0.2, -0.15) is 0 Å². The summed E-state index contributed by atoms with van der Waals surface area (Å²) in [5, 5.41) is 11.6. The number of carboxylic acid groups (broad SMARTS) is 1. The van der Waals surface area contributed by atoms with E-state index in [2.05, 4.69) is 5.32 Å². The standard InChI is InChI=1S/C15H26N2O4/c1-15(2,3)14(21)16-8-4-7-12(18)17-9-5-6-11(17)10-13(19)20/h11H,4-10H2,1-3H3,(H,16,21)(H,19,20). The first kappa shape index (κ1) is 17.5. The summed E-state index contributed by atoms with van der Waals surface area (Å²) in [5.74, 6) is -0.902. The fraction of sp³-hybridized carbons (Fsp3) is 0.800. The molecule has 1 fully saturated rings. The second kappa shape index (κ2) is 7.43. The van der Waals surface area contributed by atoms with Crippen molar-refractivity contribution in [1.82, 2.24) is 10.2 Å². The van der Waals surface area contributed by atoms with Gasteiger partial charge in [0.1, 0.15) is 0 Å². The van der Waals surface area contributed by atoms with Crippen LogP contribution in [0, 0.1) is 5.41 Å². The van der Waals surface area contributed by atoms with Crippen LogP contribution in [0.2, 0.25) is 0 Å². The van der Waals surface area contributed by atoms with E-state index in [1.165, 1.54) is 0 Å². The molecule has 0 aromatic carbocycles. The van der Waals surface area contributed by atoms with Gasteiger partial charge in [0, 0.05) is 31.0 Å². The molecule has 120 valence electrons. The van der Waals surface area contributed by atoms with Crippen molar-refractivity contribution < 1.29 is 19.5 Å². The number of likely N-dealkylation sites (tertiary alicyclic amines) is 1. The van der Waals surface area contributed by atoms with Crippen LogP contribution in [0.3, 0.4) is 0 Å². The molecule has 2 N–H and O–H groups in total. The predicted molar refractivity (Wildman–Crippen MR) is 78.7 cm³/mol. The molecular formula is C15H26N2O4. The second-order valence-corrected chi connectivity index (χ2v) is 6.59.